The number of piperazine rings is 1. The number of ether oxygens (including phenoxy) is 1. The van der Waals surface area contributed by atoms with E-state index in [4.69, 9.17) is 15.7 Å². The van der Waals surface area contributed by atoms with Gasteiger partial charge in [-0.2, -0.15) is 5.26 Å². The van der Waals surface area contributed by atoms with E-state index >= 15 is 0 Å². The van der Waals surface area contributed by atoms with E-state index in [0.29, 0.717) is 11.0 Å². The normalized spacial score (nSPS) is 17.8. The first kappa shape index (κ1) is 20.3. The third kappa shape index (κ3) is 4.19. The molecule has 0 radical (unpaired) electrons. The third-order valence-corrected chi connectivity index (χ3v) is 4.57. The van der Waals surface area contributed by atoms with Crippen LogP contribution in [0, 0.1) is 17.1 Å². The molecule has 1 heterocycles. The summed E-state index contributed by atoms with van der Waals surface area (Å²) in [5.74, 6) is -0.747. The zero-order valence-electron chi connectivity index (χ0n) is 14.9. The van der Waals surface area contributed by atoms with Gasteiger partial charge in [0.15, 0.2) is 5.82 Å². The van der Waals surface area contributed by atoms with E-state index in [2.05, 4.69) is 15.9 Å². The van der Waals surface area contributed by atoms with E-state index in [9.17, 15) is 14.3 Å². The van der Waals surface area contributed by atoms with Crippen LogP contribution >= 0.6 is 15.9 Å². The van der Waals surface area contributed by atoms with E-state index in [-0.39, 0.29) is 36.6 Å². The van der Waals surface area contributed by atoms with Gasteiger partial charge in [0.25, 0.3) is 0 Å². The number of nitrogens with two attached hydrogens (primary N) is 1. The Kier molecular flexibility index (Phi) is 5.98. The molecule has 1 amide bonds. The van der Waals surface area contributed by atoms with Gasteiger partial charge in [-0.1, -0.05) is 0 Å². The smallest absolute Gasteiger partial charge is 0.410 e. The fourth-order valence-corrected chi connectivity index (χ4v) is 3.45. The molecule has 142 valence electrons. The number of aliphatic hydroxyl groups is 1. The molecule has 1 atom stereocenters. The number of nitriles is 1. The molecule has 1 saturated heterocycles. The number of carbonyl (C=O) groups is 1. The fourth-order valence-electron chi connectivity index (χ4n) is 2.80. The number of carbonyl (C=O) groups excluding carboxylic acids is 1. The van der Waals surface area contributed by atoms with Gasteiger partial charge in [0.1, 0.15) is 17.2 Å². The second kappa shape index (κ2) is 7.68. The maximum Gasteiger partial charge on any atom is 0.410 e. The van der Waals surface area contributed by atoms with Gasteiger partial charge in [0.05, 0.1) is 24.0 Å². The van der Waals surface area contributed by atoms with Gasteiger partial charge < -0.3 is 25.4 Å². The Morgan fingerprint density at radius 3 is 2.73 bits per heavy atom. The number of hydrogen-bond donors (Lipinski definition) is 2. The molecule has 26 heavy (non-hydrogen) atoms. The lowest BCUT2D eigenvalue weighted by atomic mass is 10.1. The molecule has 0 spiro atoms. The van der Waals surface area contributed by atoms with Crippen molar-refractivity contribution in [3.8, 4) is 6.07 Å². The highest BCUT2D eigenvalue weighted by Crippen LogP contribution is 2.36. The summed E-state index contributed by atoms with van der Waals surface area (Å²) in [6, 6.07) is 2.68. The highest BCUT2D eigenvalue weighted by molar-refractivity contribution is 9.10. The van der Waals surface area contributed by atoms with Crippen LogP contribution < -0.4 is 10.6 Å². The summed E-state index contributed by atoms with van der Waals surface area (Å²) in [5.41, 5.74) is 5.01. The van der Waals surface area contributed by atoms with Crippen molar-refractivity contribution in [3.05, 3.63) is 21.9 Å². The molecule has 1 fully saturated rings. The van der Waals surface area contributed by atoms with Gasteiger partial charge in [-0.25, -0.2) is 9.18 Å². The van der Waals surface area contributed by atoms with Crippen molar-refractivity contribution in [1.82, 2.24) is 4.90 Å². The fraction of sp³-hybridized carbons (Fsp3) is 0.529. The molecule has 7 nitrogen and oxygen atoms in total. The van der Waals surface area contributed by atoms with Crippen LogP contribution in [-0.2, 0) is 4.74 Å². The van der Waals surface area contributed by atoms with Crippen LogP contribution in [0.15, 0.2) is 10.5 Å². The van der Waals surface area contributed by atoms with Crippen molar-refractivity contribution >= 4 is 33.4 Å². The van der Waals surface area contributed by atoms with Gasteiger partial charge >= 0.3 is 6.09 Å². The van der Waals surface area contributed by atoms with Crippen molar-refractivity contribution in [1.29, 1.82) is 5.26 Å². The molecule has 3 N–H and O–H groups in total. The first-order valence-corrected chi connectivity index (χ1v) is 8.91. The molecular weight excluding hydrogens is 407 g/mol. The number of nitrogen functional groups attached to an aromatic ring is 1. The lowest BCUT2D eigenvalue weighted by Crippen LogP contribution is -2.57. The predicted octanol–water partition coefficient (Wildman–Crippen LogP) is 2.46. The van der Waals surface area contributed by atoms with Gasteiger partial charge in [-0.05, 0) is 42.8 Å². The van der Waals surface area contributed by atoms with Crippen LogP contribution in [0.5, 0.6) is 0 Å². The highest BCUT2D eigenvalue weighted by atomic mass is 79.9. The monoisotopic (exact) mass is 428 g/mol. The number of rotatable bonds is 2. The summed E-state index contributed by atoms with van der Waals surface area (Å²) in [5, 5.41) is 18.9. The Hall–Kier alpha value is -2.05. The number of benzene rings is 1. The van der Waals surface area contributed by atoms with E-state index in [1.165, 1.54) is 11.0 Å². The van der Waals surface area contributed by atoms with Crippen LogP contribution in [0.2, 0.25) is 0 Å². The highest BCUT2D eigenvalue weighted by Gasteiger charge is 2.34. The maximum atomic E-state index is 14.8. The first-order chi connectivity index (χ1) is 12.1. The molecule has 2 rings (SSSR count). The van der Waals surface area contributed by atoms with Crippen molar-refractivity contribution in [2.24, 2.45) is 0 Å². The second-order valence-corrected chi connectivity index (χ2v) is 7.91. The Labute approximate surface area is 160 Å². The minimum absolute atomic E-state index is 0.0357. The Balaban J connectivity index is 2.29. The molecular formula is C17H22BrFN4O3. The standard InChI is InChI=1S/C17H22BrFN4O3/c1-17(2,3)26-16(25)22-4-5-23(10(8-22)9-24)15-12(18)6-13(21)11(7-20)14(15)19/h6,10,24H,4-5,8-9,21H2,1-3H3/t10-/m0/s1. The molecule has 1 aliphatic rings. The molecule has 0 aliphatic carbocycles. The van der Waals surface area contributed by atoms with Crippen molar-refractivity contribution in [2.75, 3.05) is 36.9 Å². The van der Waals surface area contributed by atoms with Gasteiger partial charge in [-0.3, -0.25) is 0 Å². The topological polar surface area (TPSA) is 103 Å². The molecule has 0 saturated carbocycles. The quantitative estimate of drug-likeness (QED) is 0.701. The van der Waals surface area contributed by atoms with Crippen LogP contribution in [0.4, 0.5) is 20.6 Å². The molecule has 0 unspecified atom stereocenters. The number of amides is 1. The van der Waals surface area contributed by atoms with E-state index < -0.39 is 23.6 Å². The van der Waals surface area contributed by atoms with Crippen molar-refractivity contribution in [2.45, 2.75) is 32.4 Å². The lowest BCUT2D eigenvalue weighted by Gasteiger charge is -2.42. The summed E-state index contributed by atoms with van der Waals surface area (Å²) in [6.45, 7) is 5.76. The van der Waals surface area contributed by atoms with Gasteiger partial charge in [0.2, 0.25) is 0 Å². The molecule has 0 bridgehead atoms. The number of hydrogen-bond acceptors (Lipinski definition) is 6. The summed E-state index contributed by atoms with van der Waals surface area (Å²) in [6.07, 6.45) is -0.481. The van der Waals surface area contributed by atoms with Crippen LogP contribution in [0.1, 0.15) is 26.3 Å². The molecule has 1 aromatic rings. The van der Waals surface area contributed by atoms with E-state index in [1.54, 1.807) is 31.7 Å². The summed E-state index contributed by atoms with van der Waals surface area (Å²) >= 11 is 3.28. The van der Waals surface area contributed by atoms with E-state index in [1.807, 2.05) is 0 Å². The van der Waals surface area contributed by atoms with Crippen LogP contribution in [0.25, 0.3) is 0 Å². The Bertz CT molecular complexity index is 745. The summed E-state index contributed by atoms with van der Waals surface area (Å²) in [7, 11) is 0. The summed E-state index contributed by atoms with van der Waals surface area (Å²) in [4.78, 5) is 15.4. The predicted molar refractivity (Wildman–Crippen MR) is 99.3 cm³/mol. The first-order valence-electron chi connectivity index (χ1n) is 8.12. The number of anilines is 2. The minimum atomic E-state index is -0.747. The third-order valence-electron chi connectivity index (χ3n) is 3.97. The zero-order valence-corrected chi connectivity index (χ0v) is 16.5. The molecule has 9 heteroatoms. The second-order valence-electron chi connectivity index (χ2n) is 7.05. The van der Waals surface area contributed by atoms with Crippen LogP contribution in [0.3, 0.4) is 0 Å². The Morgan fingerprint density at radius 1 is 1.54 bits per heavy atom. The minimum Gasteiger partial charge on any atom is -0.444 e. The largest absolute Gasteiger partial charge is 0.444 e. The van der Waals surface area contributed by atoms with Gasteiger partial charge in [-0.15, -0.1) is 0 Å². The van der Waals surface area contributed by atoms with Crippen LogP contribution in [-0.4, -0.2) is 54.0 Å². The maximum absolute atomic E-state index is 14.8. The SMILES string of the molecule is CC(C)(C)OC(=O)N1CCN(c2c(Br)cc(N)c(C#N)c2F)[C@H](CO)C1. The lowest BCUT2D eigenvalue weighted by molar-refractivity contribution is 0.0197. The van der Waals surface area contributed by atoms with Crippen molar-refractivity contribution in [3.63, 3.8) is 0 Å². The molecule has 0 aromatic heterocycles. The van der Waals surface area contributed by atoms with Crippen molar-refractivity contribution < 1.29 is 19.0 Å². The average Bonchev–Trinajstić information content (AvgIpc) is 2.53. The van der Waals surface area contributed by atoms with Gasteiger partial charge in [0, 0.05) is 24.1 Å². The number of aliphatic hydroxyl groups excluding tert-OH is 1. The average molecular weight is 429 g/mol. The summed E-state index contributed by atoms with van der Waals surface area (Å²) < 4.78 is 20.5. The molecule has 1 aliphatic heterocycles. The Morgan fingerprint density at radius 2 is 2.19 bits per heavy atom. The zero-order chi connectivity index (χ0) is 19.6. The van der Waals surface area contributed by atoms with E-state index in [0.717, 1.165) is 0 Å². The molecule has 1 aromatic carbocycles. The number of nitrogens with zero attached hydrogens (tertiary/aromatic N) is 3. The number of halogens is 2.